The second kappa shape index (κ2) is 5.84. The fourth-order valence-corrected chi connectivity index (χ4v) is 3.02. The Kier molecular flexibility index (Phi) is 4.40. The summed E-state index contributed by atoms with van der Waals surface area (Å²) in [6, 6.07) is 0.553. The molecule has 0 saturated carbocycles. The molecule has 1 fully saturated rings. The average molecular weight is 314 g/mol. The fourth-order valence-electron chi connectivity index (χ4n) is 2.34. The predicted octanol–water partition coefficient (Wildman–Crippen LogP) is 1.81. The second-order valence-electron chi connectivity index (χ2n) is 4.76. The maximum absolute atomic E-state index is 4.40. The van der Waals surface area contributed by atoms with Crippen molar-refractivity contribution in [2.45, 2.75) is 18.9 Å². The topological polar surface area (TPSA) is 44.3 Å². The number of piperidine rings is 1. The molecule has 1 aromatic rings. The van der Waals surface area contributed by atoms with E-state index in [0.29, 0.717) is 6.04 Å². The predicted molar refractivity (Wildman–Crippen MR) is 78.2 cm³/mol. The highest BCUT2D eigenvalue weighted by Crippen LogP contribution is 2.31. The molecule has 0 bridgehead atoms. The quantitative estimate of drug-likeness (QED) is 0.922. The Morgan fingerprint density at radius 3 is 2.67 bits per heavy atom. The number of halogens is 1. The number of hydrogen-bond donors (Lipinski definition) is 1. The number of likely N-dealkylation sites (tertiary alicyclic amines) is 1. The molecule has 1 aromatic heterocycles. The normalized spacial score (nSPS) is 17.8. The van der Waals surface area contributed by atoms with Gasteiger partial charge in [0.2, 0.25) is 0 Å². The molecule has 0 atom stereocenters. The molecular formula is C12H20BrN5. The number of rotatable bonds is 3. The largest absolute Gasteiger partial charge is 0.372 e. The minimum Gasteiger partial charge on any atom is -0.372 e. The van der Waals surface area contributed by atoms with Crippen molar-refractivity contribution in [3.63, 3.8) is 0 Å². The molecule has 5 nitrogen and oxygen atoms in total. The van der Waals surface area contributed by atoms with Crippen LogP contribution in [-0.2, 0) is 0 Å². The summed E-state index contributed by atoms with van der Waals surface area (Å²) >= 11 is 3.58. The first-order valence-electron chi connectivity index (χ1n) is 6.23. The Labute approximate surface area is 117 Å². The van der Waals surface area contributed by atoms with E-state index in [-0.39, 0.29) is 0 Å². The van der Waals surface area contributed by atoms with E-state index in [1.165, 1.54) is 12.8 Å². The van der Waals surface area contributed by atoms with Gasteiger partial charge in [0.1, 0.15) is 22.4 Å². The minimum absolute atomic E-state index is 0.553. The Morgan fingerprint density at radius 2 is 2.06 bits per heavy atom. The van der Waals surface area contributed by atoms with Crippen LogP contribution in [0.15, 0.2) is 10.8 Å². The molecule has 2 rings (SSSR count). The SMILES string of the molecule is CNc1ncnc(N(C)C2CCN(C)CC2)c1Br. The van der Waals surface area contributed by atoms with Gasteiger partial charge in [-0.25, -0.2) is 9.97 Å². The maximum Gasteiger partial charge on any atom is 0.148 e. The van der Waals surface area contributed by atoms with Gasteiger partial charge in [-0.15, -0.1) is 0 Å². The summed E-state index contributed by atoms with van der Waals surface area (Å²) < 4.78 is 0.939. The van der Waals surface area contributed by atoms with Crippen LogP contribution in [0, 0.1) is 0 Å². The molecule has 1 N–H and O–H groups in total. The van der Waals surface area contributed by atoms with Crippen LogP contribution in [-0.4, -0.2) is 55.1 Å². The zero-order valence-electron chi connectivity index (χ0n) is 11.1. The molecule has 6 heteroatoms. The van der Waals surface area contributed by atoms with E-state index >= 15 is 0 Å². The highest BCUT2D eigenvalue weighted by molar-refractivity contribution is 9.10. The van der Waals surface area contributed by atoms with E-state index in [1.54, 1.807) is 6.33 Å². The van der Waals surface area contributed by atoms with Crippen molar-refractivity contribution in [1.82, 2.24) is 14.9 Å². The van der Waals surface area contributed by atoms with Crippen LogP contribution in [0.1, 0.15) is 12.8 Å². The fraction of sp³-hybridized carbons (Fsp3) is 0.667. The van der Waals surface area contributed by atoms with Gasteiger partial charge >= 0.3 is 0 Å². The van der Waals surface area contributed by atoms with Gasteiger partial charge in [-0.3, -0.25) is 0 Å². The molecule has 0 aliphatic carbocycles. The first-order chi connectivity index (χ1) is 8.63. The molecule has 0 spiro atoms. The van der Waals surface area contributed by atoms with Crippen LogP contribution in [0.25, 0.3) is 0 Å². The molecule has 0 unspecified atom stereocenters. The van der Waals surface area contributed by atoms with Crippen molar-refractivity contribution in [3.05, 3.63) is 10.8 Å². The Morgan fingerprint density at radius 1 is 1.39 bits per heavy atom. The molecule has 1 saturated heterocycles. The lowest BCUT2D eigenvalue weighted by Crippen LogP contribution is -2.42. The summed E-state index contributed by atoms with van der Waals surface area (Å²) in [5, 5.41) is 3.07. The van der Waals surface area contributed by atoms with E-state index in [9.17, 15) is 0 Å². The highest BCUT2D eigenvalue weighted by Gasteiger charge is 2.23. The third kappa shape index (κ3) is 2.75. The average Bonchev–Trinajstić information content (AvgIpc) is 2.39. The Bertz CT molecular complexity index is 403. The highest BCUT2D eigenvalue weighted by atomic mass is 79.9. The van der Waals surface area contributed by atoms with Crippen molar-refractivity contribution in [2.75, 3.05) is 44.4 Å². The lowest BCUT2D eigenvalue weighted by molar-refractivity contribution is 0.252. The minimum atomic E-state index is 0.553. The van der Waals surface area contributed by atoms with E-state index in [1.807, 2.05) is 7.05 Å². The number of anilines is 2. The Hall–Kier alpha value is -0.880. The standard InChI is InChI=1S/C12H20BrN5/c1-14-11-10(13)12(16-8-15-11)18(3)9-4-6-17(2)7-5-9/h8-9H,4-7H2,1-3H3,(H,14,15,16). The monoisotopic (exact) mass is 313 g/mol. The van der Waals surface area contributed by atoms with E-state index < -0.39 is 0 Å². The third-order valence-corrected chi connectivity index (χ3v) is 4.31. The molecule has 1 aliphatic heterocycles. The van der Waals surface area contributed by atoms with Gasteiger partial charge in [0, 0.05) is 20.1 Å². The van der Waals surface area contributed by atoms with Gasteiger partial charge < -0.3 is 15.1 Å². The first kappa shape index (κ1) is 13.5. The van der Waals surface area contributed by atoms with Gasteiger partial charge in [0.25, 0.3) is 0 Å². The second-order valence-corrected chi connectivity index (χ2v) is 5.55. The van der Waals surface area contributed by atoms with E-state index in [0.717, 1.165) is 29.2 Å². The van der Waals surface area contributed by atoms with Crippen LogP contribution in [0.2, 0.25) is 0 Å². The summed E-state index contributed by atoms with van der Waals surface area (Å²) in [5.41, 5.74) is 0. The molecule has 1 aliphatic rings. The van der Waals surface area contributed by atoms with Gasteiger partial charge in [-0.05, 0) is 48.9 Å². The van der Waals surface area contributed by atoms with Crippen molar-refractivity contribution in [2.24, 2.45) is 0 Å². The van der Waals surface area contributed by atoms with Gasteiger partial charge in [-0.2, -0.15) is 0 Å². The van der Waals surface area contributed by atoms with Gasteiger partial charge in [0.15, 0.2) is 0 Å². The summed E-state index contributed by atoms with van der Waals surface area (Å²) in [5.74, 6) is 1.80. The molecule has 2 heterocycles. The molecule has 18 heavy (non-hydrogen) atoms. The third-order valence-electron chi connectivity index (χ3n) is 3.58. The molecular weight excluding hydrogens is 294 g/mol. The lowest BCUT2D eigenvalue weighted by atomic mass is 10.0. The maximum atomic E-state index is 4.40. The number of nitrogens with one attached hydrogen (secondary N) is 1. The summed E-state index contributed by atoms with van der Waals surface area (Å²) in [7, 11) is 6.16. The summed E-state index contributed by atoms with van der Waals surface area (Å²) in [6.45, 7) is 2.30. The zero-order chi connectivity index (χ0) is 13.1. The molecule has 0 amide bonds. The van der Waals surface area contributed by atoms with Crippen molar-refractivity contribution in [1.29, 1.82) is 0 Å². The van der Waals surface area contributed by atoms with Crippen LogP contribution in [0.4, 0.5) is 11.6 Å². The molecule has 0 radical (unpaired) electrons. The number of aromatic nitrogens is 2. The lowest BCUT2D eigenvalue weighted by Gasteiger charge is -2.36. The first-order valence-corrected chi connectivity index (χ1v) is 7.02. The van der Waals surface area contributed by atoms with Crippen LogP contribution >= 0.6 is 15.9 Å². The van der Waals surface area contributed by atoms with Gasteiger partial charge in [0.05, 0.1) is 0 Å². The number of hydrogen-bond acceptors (Lipinski definition) is 5. The van der Waals surface area contributed by atoms with Crippen molar-refractivity contribution in [3.8, 4) is 0 Å². The zero-order valence-corrected chi connectivity index (χ0v) is 12.7. The molecule has 0 aromatic carbocycles. The van der Waals surface area contributed by atoms with Crippen molar-refractivity contribution >= 4 is 27.6 Å². The van der Waals surface area contributed by atoms with Gasteiger partial charge in [-0.1, -0.05) is 0 Å². The Balaban J connectivity index is 2.15. The smallest absolute Gasteiger partial charge is 0.148 e. The van der Waals surface area contributed by atoms with E-state index in [2.05, 4.69) is 55.1 Å². The van der Waals surface area contributed by atoms with Crippen LogP contribution in [0.5, 0.6) is 0 Å². The summed E-state index contributed by atoms with van der Waals surface area (Å²) in [4.78, 5) is 13.2. The van der Waals surface area contributed by atoms with Crippen LogP contribution < -0.4 is 10.2 Å². The van der Waals surface area contributed by atoms with Crippen LogP contribution in [0.3, 0.4) is 0 Å². The molecule has 100 valence electrons. The summed E-state index contributed by atoms with van der Waals surface area (Å²) in [6.07, 6.45) is 3.97. The number of nitrogens with zero attached hydrogens (tertiary/aromatic N) is 4. The van der Waals surface area contributed by atoms with Crippen molar-refractivity contribution < 1.29 is 0 Å². The van der Waals surface area contributed by atoms with E-state index in [4.69, 9.17) is 0 Å².